The number of rotatable bonds is 6. The molecule has 1 aromatic heterocycles. The second-order valence-corrected chi connectivity index (χ2v) is 7.53. The highest BCUT2D eigenvalue weighted by molar-refractivity contribution is 5.85. The van der Waals surface area contributed by atoms with Gasteiger partial charge in [0.15, 0.2) is 0 Å². The number of fused-ring (bicyclic) bond motifs is 1. The number of halogens is 1. The third-order valence-electron chi connectivity index (χ3n) is 5.60. The van der Waals surface area contributed by atoms with Gasteiger partial charge < -0.3 is 19.8 Å². The van der Waals surface area contributed by atoms with Gasteiger partial charge in [-0.1, -0.05) is 6.92 Å². The van der Waals surface area contributed by atoms with Crippen LogP contribution in [-0.2, 0) is 4.79 Å². The zero-order valence-electron chi connectivity index (χ0n) is 16.6. The fourth-order valence-corrected chi connectivity index (χ4v) is 3.95. The van der Waals surface area contributed by atoms with Gasteiger partial charge in [0.25, 0.3) is 0 Å². The monoisotopic (exact) mass is 394 g/mol. The van der Waals surface area contributed by atoms with Crippen LogP contribution in [0.2, 0.25) is 0 Å². The van der Waals surface area contributed by atoms with Crippen molar-refractivity contribution in [1.29, 1.82) is 0 Å². The molecule has 3 rings (SSSR count). The molecule has 1 saturated heterocycles. The molecule has 6 heteroatoms. The Labute approximate surface area is 167 Å². The van der Waals surface area contributed by atoms with Crippen LogP contribution >= 0.6 is 12.4 Å². The number of hydrogen-bond donors (Lipinski definition) is 2. The quantitative estimate of drug-likeness (QED) is 0.763. The Bertz CT molecular complexity index is 768. The molecule has 3 unspecified atom stereocenters. The van der Waals surface area contributed by atoms with Gasteiger partial charge in [-0.3, -0.25) is 4.79 Å². The van der Waals surface area contributed by atoms with Crippen LogP contribution in [0.3, 0.4) is 0 Å². The van der Waals surface area contributed by atoms with Crippen LogP contribution in [0.1, 0.15) is 50.5 Å². The van der Waals surface area contributed by atoms with Crippen LogP contribution in [-0.4, -0.2) is 26.1 Å². The molecule has 150 valence electrons. The first kappa shape index (κ1) is 21.6. The predicted octanol–water partition coefficient (Wildman–Crippen LogP) is 4.37. The lowest BCUT2D eigenvalue weighted by Crippen LogP contribution is -2.36. The molecule has 2 N–H and O–H groups in total. The maximum Gasteiger partial charge on any atom is 0.220 e. The summed E-state index contributed by atoms with van der Waals surface area (Å²) in [7, 11) is 1.66. The summed E-state index contributed by atoms with van der Waals surface area (Å²) in [6.07, 6.45) is 2.97. The normalized spacial score (nSPS) is 19.2. The average Bonchev–Trinajstić information content (AvgIpc) is 2.98. The topological polar surface area (TPSA) is 63.5 Å². The van der Waals surface area contributed by atoms with Crippen molar-refractivity contribution < 1.29 is 13.9 Å². The van der Waals surface area contributed by atoms with Crippen LogP contribution in [0, 0.1) is 18.8 Å². The van der Waals surface area contributed by atoms with E-state index in [-0.39, 0.29) is 24.4 Å². The van der Waals surface area contributed by atoms with Crippen LogP contribution in [0.15, 0.2) is 22.6 Å². The lowest BCUT2D eigenvalue weighted by molar-refractivity contribution is -0.123. The number of amides is 1. The number of ether oxygens (including phenoxy) is 1. The number of benzene rings is 1. The molecule has 1 fully saturated rings. The summed E-state index contributed by atoms with van der Waals surface area (Å²) in [5, 5.41) is 7.57. The van der Waals surface area contributed by atoms with Crippen molar-refractivity contribution in [3.05, 3.63) is 29.5 Å². The summed E-state index contributed by atoms with van der Waals surface area (Å²) in [5.41, 5.74) is 1.87. The van der Waals surface area contributed by atoms with E-state index in [1.165, 1.54) is 12.8 Å². The van der Waals surface area contributed by atoms with Gasteiger partial charge in [-0.25, -0.2) is 0 Å². The van der Waals surface area contributed by atoms with Crippen molar-refractivity contribution in [2.45, 2.75) is 46.1 Å². The second-order valence-electron chi connectivity index (χ2n) is 7.53. The van der Waals surface area contributed by atoms with Gasteiger partial charge in [-0.05, 0) is 69.8 Å². The number of piperidine rings is 1. The van der Waals surface area contributed by atoms with E-state index < -0.39 is 0 Å². The minimum Gasteiger partial charge on any atom is -0.497 e. The van der Waals surface area contributed by atoms with Gasteiger partial charge in [-0.15, -0.1) is 12.4 Å². The largest absolute Gasteiger partial charge is 0.497 e. The van der Waals surface area contributed by atoms with E-state index in [0.717, 1.165) is 41.1 Å². The first-order valence-corrected chi connectivity index (χ1v) is 9.56. The number of methoxy groups -OCH3 is 1. The molecule has 3 atom stereocenters. The highest BCUT2D eigenvalue weighted by Gasteiger charge is 2.24. The van der Waals surface area contributed by atoms with E-state index in [9.17, 15) is 4.79 Å². The molecule has 27 heavy (non-hydrogen) atoms. The molecule has 2 heterocycles. The molecule has 0 spiro atoms. The predicted molar refractivity (Wildman–Crippen MR) is 111 cm³/mol. The summed E-state index contributed by atoms with van der Waals surface area (Å²) >= 11 is 0. The van der Waals surface area contributed by atoms with Crippen LogP contribution in [0.5, 0.6) is 5.75 Å². The average molecular weight is 395 g/mol. The van der Waals surface area contributed by atoms with E-state index in [4.69, 9.17) is 9.15 Å². The molecule has 1 aliphatic rings. The Morgan fingerprint density at radius 1 is 1.41 bits per heavy atom. The molecule has 0 bridgehead atoms. The first-order valence-electron chi connectivity index (χ1n) is 9.56. The first-order chi connectivity index (χ1) is 12.5. The van der Waals surface area contributed by atoms with E-state index in [0.29, 0.717) is 18.3 Å². The fourth-order valence-electron chi connectivity index (χ4n) is 3.95. The standard InChI is InChI=1S/C21H30N2O3.ClH/c1-13(16-6-5-9-22-12-16)10-20(24)23-15(3)21-14(2)18-11-17(25-4)7-8-19(18)26-21;/h7-8,11,13,15-16,22H,5-6,9-10,12H2,1-4H3,(H,23,24);1H. The van der Waals surface area contributed by atoms with Crippen molar-refractivity contribution in [3.8, 4) is 5.75 Å². The van der Waals surface area contributed by atoms with Gasteiger partial charge in [0.2, 0.25) is 5.91 Å². The summed E-state index contributed by atoms with van der Waals surface area (Å²) in [4.78, 5) is 12.5. The Balaban J connectivity index is 0.00000261. The smallest absolute Gasteiger partial charge is 0.220 e. The minimum atomic E-state index is -0.155. The Morgan fingerprint density at radius 3 is 2.85 bits per heavy atom. The zero-order chi connectivity index (χ0) is 18.7. The van der Waals surface area contributed by atoms with Crippen molar-refractivity contribution in [2.75, 3.05) is 20.2 Å². The number of nitrogens with one attached hydrogen (secondary N) is 2. The van der Waals surface area contributed by atoms with Crippen molar-refractivity contribution in [1.82, 2.24) is 10.6 Å². The molecule has 0 aliphatic carbocycles. The lowest BCUT2D eigenvalue weighted by Gasteiger charge is -2.28. The highest BCUT2D eigenvalue weighted by Crippen LogP contribution is 2.32. The number of aryl methyl sites for hydroxylation is 1. The fraction of sp³-hybridized carbons (Fsp3) is 0.571. The second kappa shape index (κ2) is 9.47. The van der Waals surface area contributed by atoms with Gasteiger partial charge >= 0.3 is 0 Å². The molecule has 0 saturated carbocycles. The summed E-state index contributed by atoms with van der Waals surface area (Å²) in [5.74, 6) is 2.68. The number of hydrogen-bond acceptors (Lipinski definition) is 4. The molecule has 2 aromatic rings. The summed E-state index contributed by atoms with van der Waals surface area (Å²) < 4.78 is 11.3. The number of carbonyl (C=O) groups excluding carboxylic acids is 1. The van der Waals surface area contributed by atoms with Gasteiger partial charge in [0.05, 0.1) is 13.2 Å². The SMILES string of the molecule is COc1ccc2oc(C(C)NC(=O)CC(C)C3CCCNC3)c(C)c2c1.Cl. The molecular formula is C21H31ClN2O3. The van der Waals surface area contributed by atoms with E-state index in [2.05, 4.69) is 17.6 Å². The molecule has 0 radical (unpaired) electrons. The summed E-state index contributed by atoms with van der Waals surface area (Å²) in [6.45, 7) is 8.31. The van der Waals surface area contributed by atoms with Crippen LogP contribution in [0.25, 0.3) is 11.0 Å². The van der Waals surface area contributed by atoms with Crippen LogP contribution < -0.4 is 15.4 Å². The van der Waals surface area contributed by atoms with Crippen LogP contribution in [0.4, 0.5) is 0 Å². The Hall–Kier alpha value is -1.72. The van der Waals surface area contributed by atoms with E-state index in [1.807, 2.05) is 32.0 Å². The third kappa shape index (κ3) is 4.96. The minimum absolute atomic E-state index is 0. The number of furan rings is 1. The lowest BCUT2D eigenvalue weighted by atomic mass is 9.85. The number of carbonyl (C=O) groups is 1. The molecule has 1 aliphatic heterocycles. The highest BCUT2D eigenvalue weighted by atomic mass is 35.5. The van der Waals surface area contributed by atoms with Gasteiger partial charge in [0, 0.05) is 17.4 Å². The Morgan fingerprint density at radius 2 is 2.19 bits per heavy atom. The van der Waals surface area contributed by atoms with Crippen molar-refractivity contribution in [3.63, 3.8) is 0 Å². The molecule has 5 nitrogen and oxygen atoms in total. The Kier molecular flexibility index (Phi) is 7.57. The molecule has 1 amide bonds. The van der Waals surface area contributed by atoms with Crippen molar-refractivity contribution >= 4 is 29.3 Å². The maximum absolute atomic E-state index is 12.5. The maximum atomic E-state index is 12.5. The van der Waals surface area contributed by atoms with E-state index >= 15 is 0 Å². The van der Waals surface area contributed by atoms with Crippen molar-refractivity contribution in [2.24, 2.45) is 11.8 Å². The molecule has 1 aromatic carbocycles. The molecular weight excluding hydrogens is 364 g/mol. The summed E-state index contributed by atoms with van der Waals surface area (Å²) in [6, 6.07) is 5.62. The van der Waals surface area contributed by atoms with E-state index in [1.54, 1.807) is 7.11 Å². The third-order valence-corrected chi connectivity index (χ3v) is 5.60. The van der Waals surface area contributed by atoms with Gasteiger partial charge in [0.1, 0.15) is 17.1 Å². The van der Waals surface area contributed by atoms with Gasteiger partial charge in [-0.2, -0.15) is 0 Å². The zero-order valence-corrected chi connectivity index (χ0v) is 17.4.